The largest absolute Gasteiger partial charge is 0.361 e. The minimum atomic E-state index is -0.378. The lowest BCUT2D eigenvalue weighted by atomic mass is 10.2. The summed E-state index contributed by atoms with van der Waals surface area (Å²) in [5, 5.41) is 19.3. The van der Waals surface area contributed by atoms with Crippen LogP contribution in [0.1, 0.15) is 25.7 Å². The molecule has 1 saturated carbocycles. The van der Waals surface area contributed by atoms with Gasteiger partial charge in [-0.25, -0.2) is 4.98 Å². The lowest BCUT2D eigenvalue weighted by molar-refractivity contribution is -0.387. The molecule has 1 aliphatic carbocycles. The summed E-state index contributed by atoms with van der Waals surface area (Å²) in [7, 11) is 0. The molecule has 7 nitrogen and oxygen atoms in total. The highest BCUT2D eigenvalue weighted by molar-refractivity contribution is 7.98. The van der Waals surface area contributed by atoms with E-state index < -0.39 is 0 Å². The van der Waals surface area contributed by atoms with E-state index in [0.29, 0.717) is 16.5 Å². The third-order valence-electron chi connectivity index (χ3n) is 3.55. The molecule has 0 saturated heterocycles. The molecule has 0 amide bonds. The molecular formula is C12H15N5O2S. The van der Waals surface area contributed by atoms with Crippen LogP contribution in [0.4, 0.5) is 11.5 Å². The maximum absolute atomic E-state index is 11.4. The monoisotopic (exact) mass is 293 g/mol. The fourth-order valence-electron chi connectivity index (χ4n) is 2.61. The van der Waals surface area contributed by atoms with E-state index in [4.69, 9.17) is 0 Å². The highest BCUT2D eigenvalue weighted by Crippen LogP contribution is 2.35. The summed E-state index contributed by atoms with van der Waals surface area (Å²) in [6.07, 6.45) is 7.80. The number of rotatable bonds is 4. The number of fused-ring (bicyclic) bond motifs is 1. The molecule has 2 aromatic heterocycles. The van der Waals surface area contributed by atoms with Gasteiger partial charge in [0.1, 0.15) is 0 Å². The highest BCUT2D eigenvalue weighted by Gasteiger charge is 2.28. The predicted molar refractivity (Wildman–Crippen MR) is 77.3 cm³/mol. The number of hydrogen-bond donors (Lipinski definition) is 1. The van der Waals surface area contributed by atoms with E-state index in [0.717, 1.165) is 25.7 Å². The number of thioether (sulfide) groups is 1. The fraction of sp³-hybridized carbons (Fsp3) is 0.500. The first-order valence-corrected chi connectivity index (χ1v) is 7.76. The Morgan fingerprint density at radius 1 is 1.50 bits per heavy atom. The van der Waals surface area contributed by atoms with E-state index in [2.05, 4.69) is 15.4 Å². The first kappa shape index (κ1) is 13.2. The molecule has 1 aliphatic rings. The Hall–Kier alpha value is -1.83. The standard InChI is InChI=1S/C12H15N5O2S/c1-20-12-10(17(18)19)11(14-8-4-2-3-5-8)16-9(15-12)6-7-13-16/h6-8,14H,2-5H2,1H3. The molecule has 0 bridgehead atoms. The molecule has 2 aromatic rings. The van der Waals surface area contributed by atoms with Gasteiger partial charge in [-0.05, 0) is 19.1 Å². The number of aromatic nitrogens is 3. The van der Waals surface area contributed by atoms with Crippen molar-refractivity contribution in [1.82, 2.24) is 14.6 Å². The average Bonchev–Trinajstić information content (AvgIpc) is 3.07. The highest BCUT2D eigenvalue weighted by atomic mass is 32.2. The summed E-state index contributed by atoms with van der Waals surface area (Å²) < 4.78 is 1.52. The maximum Gasteiger partial charge on any atom is 0.343 e. The van der Waals surface area contributed by atoms with Gasteiger partial charge >= 0.3 is 5.69 Å². The van der Waals surface area contributed by atoms with Crippen molar-refractivity contribution in [1.29, 1.82) is 0 Å². The van der Waals surface area contributed by atoms with Crippen LogP contribution in [0.5, 0.6) is 0 Å². The third-order valence-corrected chi connectivity index (χ3v) is 4.22. The number of nitro groups is 1. The van der Waals surface area contributed by atoms with Crippen LogP contribution in [0.15, 0.2) is 17.3 Å². The molecule has 0 aliphatic heterocycles. The zero-order valence-electron chi connectivity index (χ0n) is 11.1. The second-order valence-electron chi connectivity index (χ2n) is 4.80. The van der Waals surface area contributed by atoms with Crippen molar-refractivity contribution in [2.75, 3.05) is 11.6 Å². The van der Waals surface area contributed by atoms with Crippen LogP contribution in [0.2, 0.25) is 0 Å². The molecule has 1 fully saturated rings. The Kier molecular flexibility index (Phi) is 3.47. The van der Waals surface area contributed by atoms with Gasteiger partial charge in [0.05, 0.1) is 11.1 Å². The molecule has 106 valence electrons. The molecule has 8 heteroatoms. The molecule has 0 aromatic carbocycles. The Balaban J connectivity index is 2.15. The average molecular weight is 293 g/mol. The fourth-order valence-corrected chi connectivity index (χ4v) is 3.16. The SMILES string of the molecule is CSc1nc2ccnn2c(NC2CCCC2)c1[N+](=O)[O-]. The van der Waals surface area contributed by atoms with Crippen molar-refractivity contribution < 1.29 is 4.92 Å². The Morgan fingerprint density at radius 2 is 2.25 bits per heavy atom. The Morgan fingerprint density at radius 3 is 2.90 bits per heavy atom. The zero-order chi connectivity index (χ0) is 14.1. The maximum atomic E-state index is 11.4. The number of nitrogens with zero attached hydrogens (tertiary/aromatic N) is 4. The third kappa shape index (κ3) is 2.20. The van der Waals surface area contributed by atoms with Crippen molar-refractivity contribution in [2.24, 2.45) is 0 Å². The molecule has 0 atom stereocenters. The van der Waals surface area contributed by atoms with Gasteiger partial charge in [-0.1, -0.05) is 12.8 Å². The Bertz CT molecular complexity index is 651. The molecule has 0 spiro atoms. The summed E-state index contributed by atoms with van der Waals surface area (Å²) in [6, 6.07) is 2.03. The number of hydrogen-bond acceptors (Lipinski definition) is 6. The van der Waals surface area contributed by atoms with E-state index >= 15 is 0 Å². The normalized spacial score (nSPS) is 15.8. The lowest BCUT2D eigenvalue weighted by Gasteiger charge is -2.15. The summed E-state index contributed by atoms with van der Waals surface area (Å²) >= 11 is 1.28. The lowest BCUT2D eigenvalue weighted by Crippen LogP contribution is -2.19. The predicted octanol–water partition coefficient (Wildman–Crippen LogP) is 2.71. The van der Waals surface area contributed by atoms with Crippen molar-refractivity contribution in [3.63, 3.8) is 0 Å². The molecule has 0 radical (unpaired) electrons. The van der Waals surface area contributed by atoms with Gasteiger partial charge in [-0.2, -0.15) is 9.61 Å². The molecule has 3 rings (SSSR count). The van der Waals surface area contributed by atoms with E-state index in [1.165, 1.54) is 16.3 Å². The van der Waals surface area contributed by atoms with Crippen molar-refractivity contribution >= 4 is 28.9 Å². The van der Waals surface area contributed by atoms with E-state index in [9.17, 15) is 10.1 Å². The van der Waals surface area contributed by atoms with Gasteiger partial charge < -0.3 is 5.32 Å². The first-order chi connectivity index (χ1) is 9.70. The van der Waals surface area contributed by atoms with Crippen LogP contribution in [0.25, 0.3) is 5.65 Å². The molecule has 0 unspecified atom stereocenters. The van der Waals surface area contributed by atoms with Crippen molar-refractivity contribution in [3.05, 3.63) is 22.4 Å². The van der Waals surface area contributed by atoms with Gasteiger partial charge in [0.2, 0.25) is 5.82 Å². The van der Waals surface area contributed by atoms with E-state index in [1.54, 1.807) is 18.5 Å². The molecule has 1 N–H and O–H groups in total. The second-order valence-corrected chi connectivity index (χ2v) is 5.60. The smallest absolute Gasteiger partial charge is 0.343 e. The van der Waals surface area contributed by atoms with Crippen LogP contribution < -0.4 is 5.32 Å². The van der Waals surface area contributed by atoms with Gasteiger partial charge in [0.15, 0.2) is 10.7 Å². The van der Waals surface area contributed by atoms with E-state index in [1.807, 2.05) is 0 Å². The topological polar surface area (TPSA) is 85.4 Å². The van der Waals surface area contributed by atoms with Gasteiger partial charge in [0.25, 0.3) is 0 Å². The molecular weight excluding hydrogens is 278 g/mol. The molecule has 20 heavy (non-hydrogen) atoms. The van der Waals surface area contributed by atoms with Crippen LogP contribution in [-0.2, 0) is 0 Å². The van der Waals surface area contributed by atoms with Crippen LogP contribution in [-0.4, -0.2) is 31.8 Å². The summed E-state index contributed by atoms with van der Waals surface area (Å²) in [6.45, 7) is 0. The Labute approximate surface area is 119 Å². The molecule has 2 heterocycles. The minimum absolute atomic E-state index is 0.0144. The van der Waals surface area contributed by atoms with Crippen molar-refractivity contribution in [2.45, 2.75) is 36.8 Å². The minimum Gasteiger partial charge on any atom is -0.361 e. The van der Waals surface area contributed by atoms with Gasteiger partial charge in [-0.3, -0.25) is 10.1 Å². The quantitative estimate of drug-likeness (QED) is 0.404. The van der Waals surface area contributed by atoms with Crippen LogP contribution in [0, 0.1) is 10.1 Å². The first-order valence-electron chi connectivity index (χ1n) is 6.53. The van der Waals surface area contributed by atoms with Crippen LogP contribution in [0.3, 0.4) is 0 Å². The number of anilines is 1. The van der Waals surface area contributed by atoms with E-state index in [-0.39, 0.29) is 16.7 Å². The summed E-state index contributed by atoms with van der Waals surface area (Å²) in [5.41, 5.74) is 0.640. The van der Waals surface area contributed by atoms with Gasteiger partial charge in [-0.15, -0.1) is 11.8 Å². The van der Waals surface area contributed by atoms with Crippen molar-refractivity contribution in [3.8, 4) is 0 Å². The summed E-state index contributed by atoms with van der Waals surface area (Å²) in [5.74, 6) is 0.446. The second kappa shape index (κ2) is 5.28. The number of nitrogens with one attached hydrogen (secondary N) is 1. The zero-order valence-corrected chi connectivity index (χ0v) is 11.9. The van der Waals surface area contributed by atoms with Crippen LogP contribution >= 0.6 is 11.8 Å². The van der Waals surface area contributed by atoms with Gasteiger partial charge in [0, 0.05) is 12.1 Å². The summed E-state index contributed by atoms with van der Waals surface area (Å²) in [4.78, 5) is 15.3.